The van der Waals surface area contributed by atoms with E-state index in [-0.39, 0.29) is 6.03 Å². The van der Waals surface area contributed by atoms with Gasteiger partial charge < -0.3 is 14.5 Å². The Morgan fingerprint density at radius 2 is 2.26 bits per heavy atom. The zero-order chi connectivity index (χ0) is 13.1. The largest absolute Gasteiger partial charge is 0.372 e. The summed E-state index contributed by atoms with van der Waals surface area (Å²) in [5.74, 6) is 0. The van der Waals surface area contributed by atoms with Gasteiger partial charge in [-0.25, -0.2) is 9.78 Å². The zero-order valence-electron chi connectivity index (χ0n) is 11.1. The highest BCUT2D eigenvalue weighted by Gasteiger charge is 2.27. The lowest BCUT2D eigenvalue weighted by Gasteiger charge is -2.33. The Morgan fingerprint density at radius 3 is 2.89 bits per heavy atom. The van der Waals surface area contributed by atoms with Gasteiger partial charge in [0, 0.05) is 19.0 Å². The Labute approximate surface area is 113 Å². The van der Waals surface area contributed by atoms with E-state index >= 15 is 0 Å². The maximum absolute atomic E-state index is 12.1. The van der Waals surface area contributed by atoms with Crippen molar-refractivity contribution < 1.29 is 14.4 Å². The van der Waals surface area contributed by atoms with Crippen LogP contribution in [0.1, 0.15) is 12.8 Å². The van der Waals surface area contributed by atoms with Gasteiger partial charge in [-0.1, -0.05) is 0 Å². The van der Waals surface area contributed by atoms with Crippen LogP contribution in [0, 0.1) is 0 Å². The maximum atomic E-state index is 12.1. The molecular weight excluding hydrogens is 244 g/mol. The Morgan fingerprint density at radius 1 is 1.42 bits per heavy atom. The predicted molar refractivity (Wildman–Crippen MR) is 69.1 cm³/mol. The second-order valence-corrected chi connectivity index (χ2v) is 5.33. The lowest BCUT2D eigenvalue weighted by molar-refractivity contribution is -0.906. The third-order valence-corrected chi connectivity index (χ3v) is 4.01. The van der Waals surface area contributed by atoms with Crippen molar-refractivity contribution in [2.24, 2.45) is 0 Å². The average Bonchev–Trinajstić information content (AvgIpc) is 3.12. The fourth-order valence-electron chi connectivity index (χ4n) is 2.88. The van der Waals surface area contributed by atoms with Crippen molar-refractivity contribution in [3.8, 4) is 0 Å². The van der Waals surface area contributed by atoms with E-state index in [4.69, 9.17) is 4.74 Å². The van der Waals surface area contributed by atoms with Gasteiger partial charge in [0.15, 0.2) is 0 Å². The first kappa shape index (κ1) is 12.6. The number of nitrogens with one attached hydrogen (secondary N) is 1. The molecule has 0 unspecified atom stereocenters. The number of quaternary nitrogens is 1. The van der Waals surface area contributed by atoms with Gasteiger partial charge in [0.25, 0.3) is 0 Å². The molecule has 0 saturated carbocycles. The van der Waals surface area contributed by atoms with Crippen LogP contribution in [0.3, 0.4) is 0 Å². The van der Waals surface area contributed by atoms with Crippen LogP contribution < -0.4 is 4.90 Å². The van der Waals surface area contributed by atoms with Crippen LogP contribution >= 0.6 is 0 Å². The number of hydrogen-bond acceptors (Lipinski definition) is 3. The minimum absolute atomic E-state index is 0.0358. The molecule has 2 saturated heterocycles. The van der Waals surface area contributed by atoms with Gasteiger partial charge in [0.2, 0.25) is 0 Å². The molecule has 6 nitrogen and oxygen atoms in total. The van der Waals surface area contributed by atoms with E-state index in [9.17, 15) is 4.79 Å². The number of aromatic nitrogens is 2. The molecule has 2 aliphatic heterocycles. The van der Waals surface area contributed by atoms with Crippen LogP contribution in [-0.4, -0.2) is 65.9 Å². The standard InChI is InChI=1S/C13H20N4O2/c18-13(17-4-3-14-11-17)16-7-5-15(6-8-16)10-12-2-1-9-19-12/h3-4,11-12H,1-2,5-10H2/p+1/t12-/m0/s1. The topological polar surface area (TPSA) is 51.8 Å². The minimum atomic E-state index is 0.0358. The summed E-state index contributed by atoms with van der Waals surface area (Å²) in [4.78, 5) is 19.5. The third-order valence-electron chi connectivity index (χ3n) is 4.01. The summed E-state index contributed by atoms with van der Waals surface area (Å²) in [6, 6.07) is 0.0358. The normalized spacial score (nSPS) is 24.8. The van der Waals surface area contributed by atoms with Crippen LogP contribution in [0.15, 0.2) is 18.7 Å². The molecule has 19 heavy (non-hydrogen) atoms. The first-order chi connectivity index (χ1) is 9.33. The summed E-state index contributed by atoms with van der Waals surface area (Å²) in [7, 11) is 0. The molecule has 1 N–H and O–H groups in total. The number of carbonyl (C=O) groups is 1. The zero-order valence-corrected chi connectivity index (χ0v) is 11.1. The van der Waals surface area contributed by atoms with Crippen molar-refractivity contribution in [1.82, 2.24) is 14.5 Å². The molecule has 1 aromatic heterocycles. The van der Waals surface area contributed by atoms with Gasteiger partial charge in [-0.2, -0.15) is 0 Å². The van der Waals surface area contributed by atoms with Gasteiger partial charge in [0.1, 0.15) is 19.0 Å². The summed E-state index contributed by atoms with van der Waals surface area (Å²) >= 11 is 0. The van der Waals surface area contributed by atoms with Gasteiger partial charge in [0.05, 0.1) is 26.2 Å². The second kappa shape index (κ2) is 5.71. The van der Waals surface area contributed by atoms with Crippen LogP contribution in [0.4, 0.5) is 4.79 Å². The number of nitrogens with zero attached hydrogens (tertiary/aromatic N) is 3. The highest BCUT2D eigenvalue weighted by Crippen LogP contribution is 2.09. The van der Waals surface area contributed by atoms with Crippen molar-refractivity contribution in [3.05, 3.63) is 18.7 Å². The van der Waals surface area contributed by atoms with Crippen molar-refractivity contribution >= 4 is 6.03 Å². The van der Waals surface area contributed by atoms with Crippen molar-refractivity contribution in [1.29, 1.82) is 0 Å². The first-order valence-corrected chi connectivity index (χ1v) is 7.05. The fraction of sp³-hybridized carbons (Fsp3) is 0.692. The van der Waals surface area contributed by atoms with Crippen LogP contribution in [0.5, 0.6) is 0 Å². The molecule has 2 fully saturated rings. The molecular formula is C13H21N4O2+. The number of carbonyl (C=O) groups excluding carboxylic acids is 1. The summed E-state index contributed by atoms with van der Waals surface area (Å²) in [6.07, 6.45) is 7.73. The van der Waals surface area contributed by atoms with E-state index in [2.05, 4.69) is 4.98 Å². The Bertz CT molecular complexity index is 406. The Kier molecular flexibility index (Phi) is 3.79. The van der Waals surface area contributed by atoms with Gasteiger partial charge in [-0.3, -0.25) is 4.57 Å². The molecule has 3 rings (SSSR count). The van der Waals surface area contributed by atoms with E-state index in [1.807, 2.05) is 4.90 Å². The summed E-state index contributed by atoms with van der Waals surface area (Å²) in [5, 5.41) is 0. The summed E-state index contributed by atoms with van der Waals surface area (Å²) in [5.41, 5.74) is 0. The molecule has 3 heterocycles. The second-order valence-electron chi connectivity index (χ2n) is 5.33. The molecule has 6 heteroatoms. The fourth-order valence-corrected chi connectivity index (χ4v) is 2.88. The number of hydrogen-bond donors (Lipinski definition) is 1. The Hall–Kier alpha value is -1.40. The predicted octanol–water partition coefficient (Wildman–Crippen LogP) is -0.769. The van der Waals surface area contributed by atoms with Crippen LogP contribution in [0.25, 0.3) is 0 Å². The molecule has 0 aromatic carbocycles. The van der Waals surface area contributed by atoms with Crippen LogP contribution in [0.2, 0.25) is 0 Å². The molecule has 104 valence electrons. The first-order valence-electron chi connectivity index (χ1n) is 7.05. The van der Waals surface area contributed by atoms with Gasteiger partial charge >= 0.3 is 6.03 Å². The van der Waals surface area contributed by atoms with Crippen molar-refractivity contribution in [3.63, 3.8) is 0 Å². The van der Waals surface area contributed by atoms with E-state index in [1.165, 1.54) is 12.8 Å². The molecule has 1 aromatic rings. The van der Waals surface area contributed by atoms with E-state index in [0.717, 1.165) is 39.3 Å². The van der Waals surface area contributed by atoms with E-state index < -0.39 is 0 Å². The van der Waals surface area contributed by atoms with Crippen molar-refractivity contribution in [2.75, 3.05) is 39.3 Å². The number of imidazole rings is 1. The quantitative estimate of drug-likeness (QED) is 0.764. The highest BCUT2D eigenvalue weighted by molar-refractivity contribution is 5.76. The number of amides is 1. The molecule has 0 bridgehead atoms. The number of ether oxygens (including phenoxy) is 1. The summed E-state index contributed by atoms with van der Waals surface area (Å²) < 4.78 is 7.22. The number of piperazine rings is 1. The third kappa shape index (κ3) is 2.96. The Balaban J connectivity index is 1.47. The molecule has 2 aliphatic rings. The number of rotatable bonds is 2. The lowest BCUT2D eigenvalue weighted by Crippen LogP contribution is -3.15. The van der Waals surface area contributed by atoms with Crippen molar-refractivity contribution in [2.45, 2.75) is 18.9 Å². The molecule has 0 radical (unpaired) electrons. The van der Waals surface area contributed by atoms with E-state index in [0.29, 0.717) is 6.10 Å². The maximum Gasteiger partial charge on any atom is 0.329 e. The smallest absolute Gasteiger partial charge is 0.329 e. The summed E-state index contributed by atoms with van der Waals surface area (Å²) in [6.45, 7) is 5.68. The van der Waals surface area contributed by atoms with Gasteiger partial charge in [-0.05, 0) is 12.8 Å². The monoisotopic (exact) mass is 265 g/mol. The SMILES string of the molecule is O=C(N1CC[NH+](C[C@@H]2CCCO2)CC1)n1ccnc1. The van der Waals surface area contributed by atoms with Crippen LogP contribution in [-0.2, 0) is 4.74 Å². The molecule has 1 atom stereocenters. The molecule has 0 spiro atoms. The van der Waals surface area contributed by atoms with E-state index in [1.54, 1.807) is 28.2 Å². The average molecular weight is 265 g/mol. The van der Waals surface area contributed by atoms with Gasteiger partial charge in [-0.15, -0.1) is 0 Å². The lowest BCUT2D eigenvalue weighted by atomic mass is 10.2. The minimum Gasteiger partial charge on any atom is -0.372 e. The molecule has 0 aliphatic carbocycles. The molecule has 1 amide bonds. The highest BCUT2D eigenvalue weighted by atomic mass is 16.5.